The third kappa shape index (κ3) is 2.82. The van der Waals surface area contributed by atoms with Gasteiger partial charge in [-0.3, -0.25) is 4.79 Å². The Morgan fingerprint density at radius 2 is 2.05 bits per heavy atom. The van der Waals surface area contributed by atoms with Gasteiger partial charge in [0.1, 0.15) is 10.8 Å². The van der Waals surface area contributed by atoms with Crippen LogP contribution in [0.15, 0.2) is 6.07 Å². The van der Waals surface area contributed by atoms with Crippen LogP contribution in [0.3, 0.4) is 0 Å². The minimum atomic E-state index is -1.10. The van der Waals surface area contributed by atoms with Gasteiger partial charge in [0, 0.05) is 11.0 Å². The molecule has 1 unspecified atom stereocenters. The monoisotopic (exact) mass is 344 g/mol. The van der Waals surface area contributed by atoms with Crippen molar-refractivity contribution in [3.05, 3.63) is 27.2 Å². The van der Waals surface area contributed by atoms with Crippen molar-refractivity contribution >= 4 is 35.0 Å². The average molecular weight is 345 g/mol. The van der Waals surface area contributed by atoms with E-state index in [-0.39, 0.29) is 21.6 Å². The lowest BCUT2D eigenvalue weighted by atomic mass is 9.77. The number of Topliss-reactive ketones (excluding diaryl/α,β-unsaturated/α-hetero) is 1. The first kappa shape index (κ1) is 17.1. The number of hydrogen-bond acceptors (Lipinski definition) is 3. The van der Waals surface area contributed by atoms with Crippen LogP contribution in [-0.2, 0) is 11.2 Å². The summed E-state index contributed by atoms with van der Waals surface area (Å²) >= 11 is 12.4. The number of hydrogen-bond donors (Lipinski definition) is 1. The van der Waals surface area contributed by atoms with Gasteiger partial charge < -0.3 is 9.84 Å². The minimum Gasteiger partial charge on any atom is -0.480 e. The number of rotatable bonds is 6. The Morgan fingerprint density at radius 3 is 2.59 bits per heavy atom. The second-order valence-electron chi connectivity index (χ2n) is 5.61. The van der Waals surface area contributed by atoms with E-state index >= 15 is 0 Å². The number of ether oxygens (including phenoxy) is 1. The zero-order valence-electron chi connectivity index (χ0n) is 12.5. The molecule has 0 saturated heterocycles. The average Bonchev–Trinajstić information content (AvgIpc) is 2.75. The number of fused-ring (bicyclic) bond motifs is 1. The molecule has 0 bridgehead atoms. The molecule has 0 saturated carbocycles. The summed E-state index contributed by atoms with van der Waals surface area (Å²) in [5, 5.41) is 8.97. The van der Waals surface area contributed by atoms with Crippen LogP contribution in [0.5, 0.6) is 5.75 Å². The fourth-order valence-corrected chi connectivity index (χ4v) is 3.64. The zero-order chi connectivity index (χ0) is 16.5. The topological polar surface area (TPSA) is 63.6 Å². The smallest absolute Gasteiger partial charge is 0.341 e. The van der Waals surface area contributed by atoms with Gasteiger partial charge in [-0.25, -0.2) is 4.79 Å². The molecule has 0 aromatic heterocycles. The van der Waals surface area contributed by atoms with Gasteiger partial charge in [-0.15, -0.1) is 0 Å². The Morgan fingerprint density at radius 1 is 1.36 bits per heavy atom. The Hall–Kier alpha value is -1.26. The van der Waals surface area contributed by atoms with Crippen molar-refractivity contribution in [2.24, 2.45) is 5.41 Å². The van der Waals surface area contributed by atoms with Crippen LogP contribution in [0.25, 0.3) is 0 Å². The van der Waals surface area contributed by atoms with E-state index in [1.807, 2.05) is 13.8 Å². The first-order valence-electron chi connectivity index (χ1n) is 7.26. The molecular formula is C16H18Cl2O4. The van der Waals surface area contributed by atoms with Crippen molar-refractivity contribution < 1.29 is 19.4 Å². The number of benzene rings is 1. The molecule has 120 valence electrons. The first-order valence-corrected chi connectivity index (χ1v) is 8.02. The van der Waals surface area contributed by atoms with Crippen LogP contribution < -0.4 is 4.74 Å². The number of carboxylic acid groups (broad SMARTS) is 1. The highest BCUT2D eigenvalue weighted by Gasteiger charge is 2.45. The van der Waals surface area contributed by atoms with E-state index < -0.39 is 18.0 Å². The van der Waals surface area contributed by atoms with Crippen molar-refractivity contribution in [2.45, 2.75) is 39.5 Å². The van der Waals surface area contributed by atoms with Crippen molar-refractivity contribution in [3.8, 4) is 5.75 Å². The highest BCUT2D eigenvalue weighted by atomic mass is 35.5. The van der Waals surface area contributed by atoms with Gasteiger partial charge in [0.05, 0.1) is 5.02 Å². The molecule has 0 heterocycles. The summed E-state index contributed by atoms with van der Waals surface area (Å²) in [6, 6.07) is 1.65. The van der Waals surface area contributed by atoms with E-state index in [1.54, 1.807) is 6.07 Å². The maximum atomic E-state index is 12.8. The maximum Gasteiger partial charge on any atom is 0.341 e. The molecule has 1 aliphatic carbocycles. The third-order valence-electron chi connectivity index (χ3n) is 4.25. The van der Waals surface area contributed by atoms with Crippen molar-refractivity contribution in [2.75, 3.05) is 6.61 Å². The molecule has 1 aliphatic rings. The van der Waals surface area contributed by atoms with Gasteiger partial charge in [-0.2, -0.15) is 0 Å². The number of halogens is 2. The van der Waals surface area contributed by atoms with Crippen LogP contribution >= 0.6 is 23.2 Å². The van der Waals surface area contributed by atoms with Gasteiger partial charge in [0.2, 0.25) is 0 Å². The molecule has 2 rings (SSSR count). The maximum absolute atomic E-state index is 12.8. The largest absolute Gasteiger partial charge is 0.480 e. The lowest BCUT2D eigenvalue weighted by Gasteiger charge is -2.24. The van der Waals surface area contributed by atoms with E-state index in [2.05, 4.69) is 0 Å². The Labute approximate surface area is 139 Å². The molecular weight excluding hydrogens is 327 g/mol. The molecule has 4 nitrogen and oxygen atoms in total. The standard InChI is InChI=1S/C16H18Cl2O4/c1-3-5-16(4-2)7-9-6-10(22-8-11(19)20)13(17)14(18)12(9)15(16)21/h6H,3-5,7-8H2,1-2H3,(H,19,20). The van der Waals surface area contributed by atoms with E-state index in [0.717, 1.165) is 24.8 Å². The van der Waals surface area contributed by atoms with Crippen LogP contribution in [0.4, 0.5) is 0 Å². The highest BCUT2D eigenvalue weighted by Crippen LogP contribution is 2.49. The second kappa shape index (κ2) is 6.47. The van der Waals surface area contributed by atoms with Crippen LogP contribution in [0.1, 0.15) is 49.0 Å². The minimum absolute atomic E-state index is 0.0311. The Bertz CT molecular complexity index is 627. The number of carbonyl (C=O) groups excluding carboxylic acids is 1. The van der Waals surface area contributed by atoms with Gasteiger partial charge in [-0.05, 0) is 30.9 Å². The predicted molar refractivity (Wildman–Crippen MR) is 85.3 cm³/mol. The summed E-state index contributed by atoms with van der Waals surface area (Å²) in [4.78, 5) is 23.4. The summed E-state index contributed by atoms with van der Waals surface area (Å²) in [7, 11) is 0. The number of carbonyl (C=O) groups is 2. The summed E-state index contributed by atoms with van der Waals surface area (Å²) < 4.78 is 5.17. The highest BCUT2D eigenvalue weighted by molar-refractivity contribution is 6.45. The first-order chi connectivity index (χ1) is 10.4. The summed E-state index contributed by atoms with van der Waals surface area (Å²) in [6.07, 6.45) is 3.01. The van der Waals surface area contributed by atoms with Crippen molar-refractivity contribution in [1.82, 2.24) is 0 Å². The van der Waals surface area contributed by atoms with Gasteiger partial charge >= 0.3 is 5.97 Å². The predicted octanol–water partition coefficient (Wildman–Crippen LogP) is 4.39. The Balaban J connectivity index is 2.45. The molecule has 1 aromatic carbocycles. The van der Waals surface area contributed by atoms with Crippen molar-refractivity contribution in [3.63, 3.8) is 0 Å². The van der Waals surface area contributed by atoms with E-state index in [0.29, 0.717) is 12.0 Å². The lowest BCUT2D eigenvalue weighted by Crippen LogP contribution is -2.27. The molecule has 0 spiro atoms. The van der Waals surface area contributed by atoms with Gasteiger partial charge in [-0.1, -0.05) is 43.5 Å². The quantitative estimate of drug-likeness (QED) is 0.830. The number of ketones is 1. The second-order valence-corrected chi connectivity index (χ2v) is 6.36. The molecule has 22 heavy (non-hydrogen) atoms. The number of aliphatic carboxylic acids is 1. The molecule has 0 radical (unpaired) electrons. The van der Waals surface area contributed by atoms with Crippen LogP contribution in [-0.4, -0.2) is 23.5 Å². The fourth-order valence-electron chi connectivity index (χ4n) is 3.13. The normalized spacial score (nSPS) is 20.1. The molecule has 0 aliphatic heterocycles. The lowest BCUT2D eigenvalue weighted by molar-refractivity contribution is -0.139. The van der Waals surface area contributed by atoms with Crippen LogP contribution in [0.2, 0.25) is 10.0 Å². The molecule has 1 aromatic rings. The number of carboxylic acids is 1. The molecule has 1 N–H and O–H groups in total. The SMILES string of the molecule is CCCC1(CC)Cc2cc(OCC(=O)O)c(Cl)c(Cl)c2C1=O. The van der Waals surface area contributed by atoms with E-state index in [9.17, 15) is 9.59 Å². The summed E-state index contributed by atoms with van der Waals surface area (Å²) in [5.41, 5.74) is 0.815. The van der Waals surface area contributed by atoms with Gasteiger partial charge in [0.15, 0.2) is 12.4 Å². The van der Waals surface area contributed by atoms with Crippen molar-refractivity contribution in [1.29, 1.82) is 0 Å². The third-order valence-corrected chi connectivity index (χ3v) is 5.10. The van der Waals surface area contributed by atoms with Gasteiger partial charge in [0.25, 0.3) is 0 Å². The zero-order valence-corrected chi connectivity index (χ0v) is 14.1. The molecule has 1 atom stereocenters. The molecule has 6 heteroatoms. The van der Waals surface area contributed by atoms with E-state index in [1.165, 1.54) is 0 Å². The summed E-state index contributed by atoms with van der Waals surface area (Å²) in [6.45, 7) is 3.54. The molecule has 0 amide bonds. The van der Waals surface area contributed by atoms with Crippen LogP contribution in [0, 0.1) is 5.41 Å². The molecule has 0 fully saturated rings. The van der Waals surface area contributed by atoms with E-state index in [4.69, 9.17) is 33.0 Å². The fraction of sp³-hybridized carbons (Fsp3) is 0.500. The Kier molecular flexibility index (Phi) is 5.03. The summed E-state index contributed by atoms with van der Waals surface area (Å²) in [5.74, 6) is -0.856.